The average Bonchev–Trinajstić information content (AvgIpc) is 2.40. The van der Waals surface area contributed by atoms with Crippen LogP contribution < -0.4 is 5.32 Å². The fraction of sp³-hybridized carbons (Fsp3) is 0.357. The minimum Gasteiger partial charge on any atom is -0.313 e. The summed E-state index contributed by atoms with van der Waals surface area (Å²) < 4.78 is 0. The predicted molar refractivity (Wildman–Crippen MR) is 71.2 cm³/mol. The summed E-state index contributed by atoms with van der Waals surface area (Å²) in [6.07, 6.45) is 2.67. The monoisotopic (exact) mass is 242 g/mol. The second-order valence-electron chi connectivity index (χ2n) is 4.39. The van der Waals surface area contributed by atoms with Gasteiger partial charge in [-0.1, -0.05) is 6.07 Å². The first-order chi connectivity index (χ1) is 8.70. The van der Waals surface area contributed by atoms with Crippen molar-refractivity contribution in [3.05, 3.63) is 53.1 Å². The molecule has 0 radical (unpaired) electrons. The lowest BCUT2D eigenvalue weighted by atomic mass is 10.0. The Labute approximate surface area is 107 Å². The Morgan fingerprint density at radius 3 is 2.72 bits per heavy atom. The van der Waals surface area contributed by atoms with Crippen LogP contribution in [0, 0.1) is 13.8 Å². The summed E-state index contributed by atoms with van der Waals surface area (Å²) in [5.41, 5.74) is 4.18. The summed E-state index contributed by atoms with van der Waals surface area (Å²) in [4.78, 5) is 4.37. The Morgan fingerprint density at radius 1 is 1.22 bits per heavy atom. The summed E-state index contributed by atoms with van der Waals surface area (Å²) in [5, 5.41) is 11.6. The maximum Gasteiger partial charge on any atom is 0.0648 e. The molecule has 0 aliphatic rings. The molecule has 0 aliphatic heterocycles. The Balaban J connectivity index is 2.26. The first-order valence-electron chi connectivity index (χ1n) is 6.08. The minimum absolute atomic E-state index is 0.217. The molecular formula is C14H18N4. The van der Waals surface area contributed by atoms with Crippen molar-refractivity contribution < 1.29 is 0 Å². The van der Waals surface area contributed by atoms with E-state index in [2.05, 4.69) is 26.6 Å². The molecule has 1 atom stereocenters. The lowest BCUT2D eigenvalue weighted by Crippen LogP contribution is -2.21. The van der Waals surface area contributed by atoms with Crippen LogP contribution in [0.4, 0.5) is 0 Å². The van der Waals surface area contributed by atoms with E-state index in [0.29, 0.717) is 0 Å². The zero-order valence-corrected chi connectivity index (χ0v) is 11.0. The van der Waals surface area contributed by atoms with Crippen LogP contribution in [0.5, 0.6) is 0 Å². The van der Waals surface area contributed by atoms with Crippen molar-refractivity contribution in [1.82, 2.24) is 20.5 Å². The van der Waals surface area contributed by atoms with Crippen molar-refractivity contribution in [1.29, 1.82) is 0 Å². The van der Waals surface area contributed by atoms with Crippen molar-refractivity contribution >= 4 is 0 Å². The van der Waals surface area contributed by atoms with Crippen LogP contribution in [0.2, 0.25) is 0 Å². The molecule has 2 rings (SSSR count). The third-order valence-corrected chi connectivity index (χ3v) is 3.00. The van der Waals surface area contributed by atoms with Crippen LogP contribution in [-0.2, 0) is 6.42 Å². The predicted octanol–water partition coefficient (Wildman–Crippen LogP) is 1.99. The lowest BCUT2D eigenvalue weighted by Gasteiger charge is -2.18. The first kappa shape index (κ1) is 12.6. The molecule has 2 heterocycles. The molecule has 2 aromatic heterocycles. The molecule has 1 N–H and O–H groups in total. The van der Waals surface area contributed by atoms with Gasteiger partial charge in [0.1, 0.15) is 0 Å². The van der Waals surface area contributed by atoms with Crippen molar-refractivity contribution in [3.63, 3.8) is 0 Å². The number of likely N-dealkylation sites (N-methyl/N-ethyl adjacent to an activating group) is 1. The number of hydrogen-bond acceptors (Lipinski definition) is 4. The number of nitrogens with one attached hydrogen (secondary N) is 1. The minimum atomic E-state index is 0.217. The summed E-state index contributed by atoms with van der Waals surface area (Å²) >= 11 is 0. The zero-order chi connectivity index (χ0) is 13.0. The van der Waals surface area contributed by atoms with Gasteiger partial charge < -0.3 is 5.32 Å². The second-order valence-corrected chi connectivity index (χ2v) is 4.39. The van der Waals surface area contributed by atoms with Gasteiger partial charge in [0, 0.05) is 24.4 Å². The molecule has 4 heteroatoms. The number of rotatable bonds is 4. The fourth-order valence-corrected chi connectivity index (χ4v) is 2.02. The maximum absolute atomic E-state index is 4.37. The SMILES string of the molecule is CNC(Cc1ccccn1)c1cc(C)nnc1C. The third kappa shape index (κ3) is 2.90. The van der Waals surface area contributed by atoms with Crippen LogP contribution >= 0.6 is 0 Å². The average molecular weight is 242 g/mol. The lowest BCUT2D eigenvalue weighted by molar-refractivity contribution is 0.575. The molecule has 0 fully saturated rings. The fourth-order valence-electron chi connectivity index (χ4n) is 2.02. The summed E-state index contributed by atoms with van der Waals surface area (Å²) in [6.45, 7) is 3.95. The zero-order valence-electron chi connectivity index (χ0n) is 11.0. The number of nitrogens with zero attached hydrogens (tertiary/aromatic N) is 3. The van der Waals surface area contributed by atoms with E-state index in [1.165, 1.54) is 5.56 Å². The summed E-state index contributed by atoms with van der Waals surface area (Å²) in [5.74, 6) is 0. The van der Waals surface area contributed by atoms with Gasteiger partial charge >= 0.3 is 0 Å². The largest absolute Gasteiger partial charge is 0.313 e. The standard InChI is InChI=1S/C14H18N4/c1-10-8-13(11(2)18-17-10)14(15-3)9-12-6-4-5-7-16-12/h4-8,14-15H,9H2,1-3H3. The van der Waals surface area contributed by atoms with Crippen molar-refractivity contribution in [3.8, 4) is 0 Å². The number of hydrogen-bond donors (Lipinski definition) is 1. The van der Waals surface area contributed by atoms with Gasteiger partial charge in [0.25, 0.3) is 0 Å². The Bertz CT molecular complexity index is 510. The second kappa shape index (κ2) is 5.69. The third-order valence-electron chi connectivity index (χ3n) is 3.00. The molecular weight excluding hydrogens is 224 g/mol. The van der Waals surface area contributed by atoms with Gasteiger partial charge in [0.2, 0.25) is 0 Å². The maximum atomic E-state index is 4.37. The Kier molecular flexibility index (Phi) is 3.99. The van der Waals surface area contributed by atoms with Gasteiger partial charge in [0.05, 0.1) is 11.4 Å². The molecule has 4 nitrogen and oxygen atoms in total. The molecule has 0 aromatic carbocycles. The summed E-state index contributed by atoms with van der Waals surface area (Å²) in [6, 6.07) is 8.29. The van der Waals surface area contributed by atoms with Crippen LogP contribution in [0.1, 0.15) is 28.7 Å². The van der Waals surface area contributed by atoms with Crippen LogP contribution in [0.3, 0.4) is 0 Å². The van der Waals surface area contributed by atoms with E-state index in [1.54, 1.807) is 0 Å². The molecule has 18 heavy (non-hydrogen) atoms. The highest BCUT2D eigenvalue weighted by Gasteiger charge is 2.14. The van der Waals surface area contributed by atoms with Gasteiger partial charge in [-0.15, -0.1) is 0 Å². The van der Waals surface area contributed by atoms with Gasteiger partial charge in [-0.3, -0.25) is 4.98 Å². The molecule has 2 aromatic rings. The van der Waals surface area contributed by atoms with E-state index in [9.17, 15) is 0 Å². The van der Waals surface area contributed by atoms with Crippen molar-refractivity contribution in [2.24, 2.45) is 0 Å². The molecule has 1 unspecified atom stereocenters. The smallest absolute Gasteiger partial charge is 0.0648 e. The molecule has 0 spiro atoms. The van der Waals surface area contributed by atoms with E-state index in [-0.39, 0.29) is 6.04 Å². The topological polar surface area (TPSA) is 50.7 Å². The van der Waals surface area contributed by atoms with Gasteiger partial charge in [-0.25, -0.2) is 0 Å². The number of aromatic nitrogens is 3. The Hall–Kier alpha value is -1.81. The van der Waals surface area contributed by atoms with E-state index >= 15 is 0 Å². The first-order valence-corrected chi connectivity index (χ1v) is 6.08. The molecule has 0 saturated heterocycles. The van der Waals surface area contributed by atoms with Gasteiger partial charge in [0.15, 0.2) is 0 Å². The van der Waals surface area contributed by atoms with E-state index in [1.807, 2.05) is 45.3 Å². The van der Waals surface area contributed by atoms with Crippen LogP contribution in [-0.4, -0.2) is 22.2 Å². The number of pyridine rings is 1. The number of aryl methyl sites for hydroxylation is 2. The molecule has 0 saturated carbocycles. The van der Waals surface area contributed by atoms with Crippen molar-refractivity contribution in [2.45, 2.75) is 26.3 Å². The van der Waals surface area contributed by atoms with Crippen LogP contribution in [0.15, 0.2) is 30.5 Å². The highest BCUT2D eigenvalue weighted by atomic mass is 15.1. The Morgan fingerprint density at radius 2 is 2.06 bits per heavy atom. The van der Waals surface area contributed by atoms with E-state index in [4.69, 9.17) is 0 Å². The quantitative estimate of drug-likeness (QED) is 0.891. The molecule has 0 bridgehead atoms. The summed E-state index contributed by atoms with van der Waals surface area (Å²) in [7, 11) is 1.96. The highest BCUT2D eigenvalue weighted by Crippen LogP contribution is 2.19. The normalized spacial score (nSPS) is 12.4. The van der Waals surface area contributed by atoms with Crippen molar-refractivity contribution in [2.75, 3.05) is 7.05 Å². The molecule has 94 valence electrons. The highest BCUT2D eigenvalue weighted by molar-refractivity contribution is 5.25. The molecule has 0 amide bonds. The van der Waals surface area contributed by atoms with Gasteiger partial charge in [-0.2, -0.15) is 10.2 Å². The van der Waals surface area contributed by atoms with Crippen LogP contribution in [0.25, 0.3) is 0 Å². The van der Waals surface area contributed by atoms with E-state index in [0.717, 1.165) is 23.5 Å². The molecule has 0 aliphatic carbocycles. The van der Waals surface area contributed by atoms with E-state index < -0.39 is 0 Å². The van der Waals surface area contributed by atoms with Gasteiger partial charge in [-0.05, 0) is 44.7 Å².